The molecule has 1 aliphatic heterocycles. The SMILES string of the molecule is CC(=O)c1ccc(NC(=O)C[C@@H]2[NH2+]CCNC2=O)cc1. The molecule has 1 aromatic rings. The molecule has 20 heavy (non-hydrogen) atoms. The molecule has 1 aromatic carbocycles. The molecule has 4 N–H and O–H groups in total. The molecule has 0 aromatic heterocycles. The zero-order valence-electron chi connectivity index (χ0n) is 11.3. The molecule has 1 atom stereocenters. The fourth-order valence-electron chi connectivity index (χ4n) is 2.09. The van der Waals surface area contributed by atoms with Crippen molar-refractivity contribution in [2.45, 2.75) is 19.4 Å². The topological polar surface area (TPSA) is 91.9 Å². The molecule has 1 fully saturated rings. The minimum absolute atomic E-state index is 0.0173. The lowest BCUT2D eigenvalue weighted by atomic mass is 10.1. The summed E-state index contributed by atoms with van der Waals surface area (Å²) in [6, 6.07) is 6.33. The molecule has 106 valence electrons. The molecule has 6 heteroatoms. The normalized spacial score (nSPS) is 18.2. The van der Waals surface area contributed by atoms with E-state index in [9.17, 15) is 14.4 Å². The number of nitrogens with two attached hydrogens (primary N) is 1. The van der Waals surface area contributed by atoms with Crippen LogP contribution in [0.15, 0.2) is 24.3 Å². The van der Waals surface area contributed by atoms with Gasteiger partial charge in [0.25, 0.3) is 5.91 Å². The van der Waals surface area contributed by atoms with E-state index < -0.39 is 0 Å². The van der Waals surface area contributed by atoms with Gasteiger partial charge in [0, 0.05) is 11.3 Å². The van der Waals surface area contributed by atoms with Crippen molar-refractivity contribution in [1.82, 2.24) is 5.32 Å². The van der Waals surface area contributed by atoms with Crippen LogP contribution in [0.25, 0.3) is 0 Å². The Morgan fingerprint density at radius 2 is 2.05 bits per heavy atom. The van der Waals surface area contributed by atoms with Gasteiger partial charge in [0.2, 0.25) is 5.91 Å². The highest BCUT2D eigenvalue weighted by molar-refractivity contribution is 5.97. The van der Waals surface area contributed by atoms with Gasteiger partial charge >= 0.3 is 0 Å². The lowest BCUT2D eigenvalue weighted by Crippen LogP contribution is -2.96. The van der Waals surface area contributed by atoms with Crippen LogP contribution in [-0.4, -0.2) is 36.7 Å². The number of hydrogen-bond acceptors (Lipinski definition) is 3. The van der Waals surface area contributed by atoms with E-state index >= 15 is 0 Å². The Labute approximate surface area is 116 Å². The van der Waals surface area contributed by atoms with E-state index in [0.717, 1.165) is 6.54 Å². The molecular weight excluding hydrogens is 258 g/mol. The third kappa shape index (κ3) is 3.64. The third-order valence-corrected chi connectivity index (χ3v) is 3.21. The summed E-state index contributed by atoms with van der Waals surface area (Å²) < 4.78 is 0. The summed E-state index contributed by atoms with van der Waals surface area (Å²) >= 11 is 0. The molecule has 0 bridgehead atoms. The van der Waals surface area contributed by atoms with Crippen molar-refractivity contribution in [2.75, 3.05) is 18.4 Å². The molecule has 2 rings (SSSR count). The van der Waals surface area contributed by atoms with E-state index in [1.807, 2.05) is 5.32 Å². The van der Waals surface area contributed by atoms with Gasteiger partial charge in [-0.1, -0.05) is 0 Å². The molecule has 0 unspecified atom stereocenters. The molecule has 0 radical (unpaired) electrons. The summed E-state index contributed by atoms with van der Waals surface area (Å²) in [4.78, 5) is 34.6. The number of ketones is 1. The van der Waals surface area contributed by atoms with Crippen LogP contribution in [0.1, 0.15) is 23.7 Å². The summed E-state index contributed by atoms with van der Waals surface area (Å²) in [6.07, 6.45) is 0.139. The van der Waals surface area contributed by atoms with Crippen LogP contribution in [0.4, 0.5) is 5.69 Å². The van der Waals surface area contributed by atoms with Crippen LogP contribution in [0.3, 0.4) is 0 Å². The zero-order chi connectivity index (χ0) is 14.5. The number of Topliss-reactive ketones (excluding diaryl/α,β-unsaturated/α-hetero) is 1. The average molecular weight is 276 g/mol. The number of anilines is 1. The Kier molecular flexibility index (Phi) is 4.47. The van der Waals surface area contributed by atoms with Gasteiger partial charge in [-0.05, 0) is 31.2 Å². The van der Waals surface area contributed by atoms with Crippen molar-refractivity contribution in [3.63, 3.8) is 0 Å². The minimum atomic E-state index is -0.361. The predicted molar refractivity (Wildman–Crippen MR) is 73.3 cm³/mol. The van der Waals surface area contributed by atoms with E-state index in [1.165, 1.54) is 6.92 Å². The van der Waals surface area contributed by atoms with Crippen molar-refractivity contribution in [2.24, 2.45) is 0 Å². The third-order valence-electron chi connectivity index (χ3n) is 3.21. The van der Waals surface area contributed by atoms with Gasteiger partial charge in [-0.2, -0.15) is 0 Å². The van der Waals surface area contributed by atoms with E-state index in [4.69, 9.17) is 0 Å². The summed E-state index contributed by atoms with van der Waals surface area (Å²) in [7, 11) is 0. The Bertz CT molecular complexity index is 525. The molecule has 1 saturated heterocycles. The lowest BCUT2D eigenvalue weighted by molar-refractivity contribution is -0.678. The Balaban J connectivity index is 1.90. The monoisotopic (exact) mass is 276 g/mol. The first-order valence-electron chi connectivity index (χ1n) is 6.58. The number of hydrogen-bond donors (Lipinski definition) is 3. The second kappa shape index (κ2) is 6.29. The van der Waals surface area contributed by atoms with Crippen LogP contribution >= 0.6 is 0 Å². The summed E-state index contributed by atoms with van der Waals surface area (Å²) in [6.45, 7) is 2.92. The number of carbonyl (C=O) groups is 3. The molecule has 1 aliphatic rings. The minimum Gasteiger partial charge on any atom is -0.345 e. The van der Waals surface area contributed by atoms with E-state index in [1.54, 1.807) is 24.3 Å². The number of amides is 2. The molecule has 1 heterocycles. The maximum absolute atomic E-state index is 11.9. The molecular formula is C14H18N3O3+. The van der Waals surface area contributed by atoms with Gasteiger partial charge in [0.05, 0.1) is 19.5 Å². The van der Waals surface area contributed by atoms with Crippen molar-refractivity contribution < 1.29 is 19.7 Å². The summed E-state index contributed by atoms with van der Waals surface area (Å²) in [5, 5.41) is 7.33. The zero-order valence-corrected chi connectivity index (χ0v) is 11.3. The highest BCUT2D eigenvalue weighted by Crippen LogP contribution is 2.10. The first kappa shape index (κ1) is 14.2. The Hall–Kier alpha value is -2.21. The first-order valence-corrected chi connectivity index (χ1v) is 6.58. The van der Waals surface area contributed by atoms with Crippen LogP contribution in [0, 0.1) is 0 Å². The second-order valence-corrected chi connectivity index (χ2v) is 4.81. The van der Waals surface area contributed by atoms with Crippen LogP contribution in [-0.2, 0) is 9.59 Å². The van der Waals surface area contributed by atoms with Gasteiger partial charge < -0.3 is 16.0 Å². The van der Waals surface area contributed by atoms with Gasteiger partial charge in [-0.3, -0.25) is 14.4 Å². The van der Waals surface area contributed by atoms with Gasteiger partial charge in [-0.25, -0.2) is 0 Å². The average Bonchev–Trinajstić information content (AvgIpc) is 2.42. The van der Waals surface area contributed by atoms with Crippen molar-refractivity contribution in [1.29, 1.82) is 0 Å². The molecule has 0 saturated carbocycles. The highest BCUT2D eigenvalue weighted by atomic mass is 16.2. The van der Waals surface area contributed by atoms with E-state index in [2.05, 4.69) is 10.6 Å². The standard InChI is InChI=1S/C14H17N3O3/c1-9(18)10-2-4-11(5-3-10)17-13(19)8-12-14(20)16-7-6-15-12/h2-5,12,15H,6-8H2,1H3,(H,16,20)(H,17,19)/p+1/t12-/m0/s1. The lowest BCUT2D eigenvalue weighted by Gasteiger charge is -2.19. The molecule has 6 nitrogen and oxygen atoms in total. The number of benzene rings is 1. The fourth-order valence-corrected chi connectivity index (χ4v) is 2.09. The van der Waals surface area contributed by atoms with Gasteiger partial charge in [-0.15, -0.1) is 0 Å². The van der Waals surface area contributed by atoms with Crippen LogP contribution in [0.2, 0.25) is 0 Å². The summed E-state index contributed by atoms with van der Waals surface area (Å²) in [5.74, 6) is -0.325. The Morgan fingerprint density at radius 1 is 1.35 bits per heavy atom. The van der Waals surface area contributed by atoms with Crippen LogP contribution in [0.5, 0.6) is 0 Å². The number of quaternary nitrogens is 1. The predicted octanol–water partition coefficient (Wildman–Crippen LogP) is -0.720. The van der Waals surface area contributed by atoms with Crippen molar-refractivity contribution in [3.05, 3.63) is 29.8 Å². The van der Waals surface area contributed by atoms with Gasteiger partial charge in [0.1, 0.15) is 0 Å². The van der Waals surface area contributed by atoms with E-state index in [-0.39, 0.29) is 30.1 Å². The van der Waals surface area contributed by atoms with Crippen LogP contribution < -0.4 is 16.0 Å². The summed E-state index contributed by atoms with van der Waals surface area (Å²) in [5.41, 5.74) is 1.22. The van der Waals surface area contributed by atoms with Gasteiger partial charge in [0.15, 0.2) is 11.8 Å². The maximum Gasteiger partial charge on any atom is 0.278 e. The molecule has 0 aliphatic carbocycles. The second-order valence-electron chi connectivity index (χ2n) is 4.81. The number of carbonyl (C=O) groups excluding carboxylic acids is 3. The number of nitrogens with one attached hydrogen (secondary N) is 2. The quantitative estimate of drug-likeness (QED) is 0.634. The van der Waals surface area contributed by atoms with E-state index in [0.29, 0.717) is 17.8 Å². The Morgan fingerprint density at radius 3 is 2.65 bits per heavy atom. The highest BCUT2D eigenvalue weighted by Gasteiger charge is 2.27. The smallest absolute Gasteiger partial charge is 0.278 e. The fraction of sp³-hybridized carbons (Fsp3) is 0.357. The number of piperazine rings is 1. The molecule has 2 amide bonds. The largest absolute Gasteiger partial charge is 0.345 e. The molecule has 0 spiro atoms. The van der Waals surface area contributed by atoms with Crippen molar-refractivity contribution in [3.8, 4) is 0 Å². The maximum atomic E-state index is 11.9. The first-order chi connectivity index (χ1) is 9.56. The number of rotatable bonds is 4. The van der Waals surface area contributed by atoms with Crippen molar-refractivity contribution >= 4 is 23.3 Å².